The van der Waals surface area contributed by atoms with E-state index in [1.54, 1.807) is 0 Å². The van der Waals surface area contributed by atoms with Crippen molar-refractivity contribution >= 4 is 12.1 Å². The Bertz CT molecular complexity index is 745. The molecule has 1 aromatic carbocycles. The van der Waals surface area contributed by atoms with Crippen molar-refractivity contribution in [3.63, 3.8) is 0 Å². The van der Waals surface area contributed by atoms with Crippen molar-refractivity contribution in [1.29, 1.82) is 0 Å². The maximum absolute atomic E-state index is 12.6. The van der Waals surface area contributed by atoms with Crippen LogP contribution in [0.1, 0.15) is 32.8 Å². The lowest BCUT2D eigenvalue weighted by atomic mass is 9.88. The highest BCUT2D eigenvalue weighted by Gasteiger charge is 2.45. The van der Waals surface area contributed by atoms with Crippen molar-refractivity contribution in [3.05, 3.63) is 59.7 Å². The Morgan fingerprint density at radius 2 is 1.93 bits per heavy atom. The molecule has 0 spiro atoms. The van der Waals surface area contributed by atoms with Crippen molar-refractivity contribution in [2.45, 2.75) is 39.4 Å². The standard InChI is InChI=1S/C22H27NO4/c1-22(2,3)27-20(24)19-17-10-9-16(13-17)18(19)11-12-23-21(25)26-14-15-7-5-4-6-8-15/h4-11,16-17,19H,12-14H2,1-3H3,(H,23,25)/b18-11-/t16-,17+,19+/m1/s1. The summed E-state index contributed by atoms with van der Waals surface area (Å²) in [7, 11) is 0. The molecule has 1 aromatic rings. The molecule has 1 amide bonds. The van der Waals surface area contributed by atoms with E-state index in [-0.39, 0.29) is 30.3 Å². The van der Waals surface area contributed by atoms with Gasteiger partial charge in [0.15, 0.2) is 0 Å². The summed E-state index contributed by atoms with van der Waals surface area (Å²) in [6, 6.07) is 9.53. The molecular weight excluding hydrogens is 342 g/mol. The van der Waals surface area contributed by atoms with Crippen LogP contribution in [0.3, 0.4) is 0 Å². The summed E-state index contributed by atoms with van der Waals surface area (Å²) in [5, 5.41) is 2.73. The Morgan fingerprint density at radius 1 is 1.19 bits per heavy atom. The third kappa shape index (κ3) is 5.00. The van der Waals surface area contributed by atoms with Crippen molar-refractivity contribution in [2.75, 3.05) is 6.54 Å². The number of rotatable bonds is 5. The molecule has 2 aliphatic rings. The van der Waals surface area contributed by atoms with Gasteiger partial charge in [-0.05, 0) is 44.6 Å². The van der Waals surface area contributed by atoms with E-state index in [0.717, 1.165) is 17.6 Å². The molecule has 0 aliphatic heterocycles. The van der Waals surface area contributed by atoms with Gasteiger partial charge in [-0.15, -0.1) is 0 Å². The third-order valence-electron chi connectivity index (χ3n) is 4.79. The van der Waals surface area contributed by atoms with Gasteiger partial charge in [0, 0.05) is 6.54 Å². The summed E-state index contributed by atoms with van der Waals surface area (Å²) in [4.78, 5) is 24.5. The second-order valence-corrected chi connectivity index (χ2v) is 8.05. The number of esters is 1. The number of benzene rings is 1. The van der Waals surface area contributed by atoms with Gasteiger partial charge in [0.25, 0.3) is 0 Å². The topological polar surface area (TPSA) is 64.6 Å². The minimum atomic E-state index is -0.507. The van der Waals surface area contributed by atoms with Crippen molar-refractivity contribution in [3.8, 4) is 0 Å². The molecule has 2 aliphatic carbocycles. The maximum atomic E-state index is 12.6. The molecule has 0 heterocycles. The van der Waals surface area contributed by atoms with Crippen LogP contribution in [0.2, 0.25) is 0 Å². The monoisotopic (exact) mass is 369 g/mol. The average Bonchev–Trinajstić information content (AvgIpc) is 3.21. The fraction of sp³-hybridized carbons (Fsp3) is 0.455. The SMILES string of the molecule is CC(C)(C)OC(=O)[C@@H]1/C(=C\CNC(=O)OCc2ccccc2)[C@@H]2C=C[C@H]1C2. The van der Waals surface area contributed by atoms with Gasteiger partial charge in [-0.25, -0.2) is 4.79 Å². The van der Waals surface area contributed by atoms with Crippen LogP contribution in [0.4, 0.5) is 4.79 Å². The number of allylic oxidation sites excluding steroid dienone is 2. The summed E-state index contributed by atoms with van der Waals surface area (Å²) in [5.74, 6) is 0.0226. The number of hydrogen-bond donors (Lipinski definition) is 1. The van der Waals surface area contributed by atoms with Gasteiger partial charge in [0.2, 0.25) is 0 Å². The fourth-order valence-electron chi connectivity index (χ4n) is 3.68. The lowest BCUT2D eigenvalue weighted by Gasteiger charge is -2.26. The fourth-order valence-corrected chi connectivity index (χ4v) is 3.68. The van der Waals surface area contributed by atoms with Gasteiger partial charge >= 0.3 is 12.1 Å². The molecule has 3 rings (SSSR count). The maximum Gasteiger partial charge on any atom is 0.407 e. The molecular formula is C22H27NO4. The number of hydrogen-bond acceptors (Lipinski definition) is 4. The van der Waals surface area contributed by atoms with E-state index >= 15 is 0 Å². The predicted octanol–water partition coefficient (Wildman–Crippen LogP) is 4.00. The molecule has 1 N–H and O–H groups in total. The van der Waals surface area contributed by atoms with Crippen LogP contribution >= 0.6 is 0 Å². The summed E-state index contributed by atoms with van der Waals surface area (Å²) >= 11 is 0. The Balaban J connectivity index is 1.54. The minimum absolute atomic E-state index is 0.183. The molecule has 1 saturated carbocycles. The summed E-state index contributed by atoms with van der Waals surface area (Å²) in [6.45, 7) is 6.20. The first-order valence-corrected chi connectivity index (χ1v) is 9.39. The Labute approximate surface area is 160 Å². The third-order valence-corrected chi connectivity index (χ3v) is 4.79. The molecule has 0 radical (unpaired) electrons. The number of carbonyl (C=O) groups excluding carboxylic acids is 2. The summed E-state index contributed by atoms with van der Waals surface area (Å²) < 4.78 is 10.8. The zero-order chi connectivity index (χ0) is 19.4. The molecule has 5 heteroatoms. The van der Waals surface area contributed by atoms with E-state index < -0.39 is 11.7 Å². The number of alkyl carbamates (subject to hydrolysis) is 1. The number of amides is 1. The minimum Gasteiger partial charge on any atom is -0.459 e. The van der Waals surface area contributed by atoms with Gasteiger partial charge in [0.05, 0.1) is 5.92 Å². The van der Waals surface area contributed by atoms with Gasteiger partial charge < -0.3 is 14.8 Å². The van der Waals surface area contributed by atoms with Crippen LogP contribution in [0.15, 0.2) is 54.1 Å². The highest BCUT2D eigenvalue weighted by Crippen LogP contribution is 2.48. The number of carbonyl (C=O) groups is 2. The van der Waals surface area contributed by atoms with Crippen LogP contribution in [-0.2, 0) is 20.9 Å². The molecule has 144 valence electrons. The first-order valence-electron chi connectivity index (χ1n) is 9.39. The van der Waals surface area contributed by atoms with Crippen LogP contribution in [0.25, 0.3) is 0 Å². The smallest absolute Gasteiger partial charge is 0.407 e. The molecule has 27 heavy (non-hydrogen) atoms. The van der Waals surface area contributed by atoms with Crippen LogP contribution in [-0.4, -0.2) is 24.2 Å². The van der Waals surface area contributed by atoms with E-state index in [1.807, 2.05) is 57.2 Å². The summed E-state index contributed by atoms with van der Waals surface area (Å²) in [6.07, 6.45) is 6.66. The Hall–Kier alpha value is -2.56. The van der Waals surface area contributed by atoms with Gasteiger partial charge in [-0.2, -0.15) is 0 Å². The molecule has 5 nitrogen and oxygen atoms in total. The Kier molecular flexibility index (Phi) is 5.68. The second-order valence-electron chi connectivity index (χ2n) is 8.05. The van der Waals surface area contributed by atoms with Crippen molar-refractivity contribution in [2.24, 2.45) is 17.8 Å². The lowest BCUT2D eigenvalue weighted by molar-refractivity contribution is -0.159. The molecule has 0 saturated heterocycles. The Morgan fingerprint density at radius 3 is 2.63 bits per heavy atom. The van der Waals surface area contributed by atoms with Crippen molar-refractivity contribution in [1.82, 2.24) is 5.32 Å². The zero-order valence-electron chi connectivity index (χ0n) is 16.1. The molecule has 1 fully saturated rings. The van der Waals surface area contributed by atoms with E-state index in [9.17, 15) is 9.59 Å². The van der Waals surface area contributed by atoms with E-state index in [0.29, 0.717) is 6.54 Å². The quantitative estimate of drug-likeness (QED) is 0.629. The van der Waals surface area contributed by atoms with Crippen LogP contribution < -0.4 is 5.32 Å². The van der Waals surface area contributed by atoms with Crippen LogP contribution in [0, 0.1) is 17.8 Å². The van der Waals surface area contributed by atoms with Gasteiger partial charge in [-0.3, -0.25) is 4.79 Å². The number of nitrogens with one attached hydrogen (secondary N) is 1. The predicted molar refractivity (Wildman–Crippen MR) is 103 cm³/mol. The second kappa shape index (κ2) is 7.99. The summed E-state index contributed by atoms with van der Waals surface area (Å²) in [5.41, 5.74) is 1.47. The van der Waals surface area contributed by atoms with Gasteiger partial charge in [0.1, 0.15) is 12.2 Å². The first kappa shape index (κ1) is 19.2. The molecule has 2 bridgehead atoms. The number of ether oxygens (including phenoxy) is 2. The largest absolute Gasteiger partial charge is 0.459 e. The van der Waals surface area contributed by atoms with E-state index in [1.165, 1.54) is 0 Å². The van der Waals surface area contributed by atoms with Crippen molar-refractivity contribution < 1.29 is 19.1 Å². The molecule has 3 atom stereocenters. The van der Waals surface area contributed by atoms with E-state index in [4.69, 9.17) is 9.47 Å². The van der Waals surface area contributed by atoms with Crippen LogP contribution in [0.5, 0.6) is 0 Å². The lowest BCUT2D eigenvalue weighted by Crippen LogP contribution is -2.32. The zero-order valence-corrected chi connectivity index (χ0v) is 16.1. The first-order chi connectivity index (χ1) is 12.8. The highest BCUT2D eigenvalue weighted by atomic mass is 16.6. The normalized spacial score (nSPS) is 24.9. The molecule has 0 aromatic heterocycles. The number of fused-ring (bicyclic) bond motifs is 2. The highest BCUT2D eigenvalue weighted by molar-refractivity contribution is 5.79. The average molecular weight is 369 g/mol. The van der Waals surface area contributed by atoms with E-state index in [2.05, 4.69) is 17.5 Å². The molecule has 0 unspecified atom stereocenters. The van der Waals surface area contributed by atoms with Gasteiger partial charge in [-0.1, -0.05) is 54.1 Å².